The first-order chi connectivity index (χ1) is 15.5. The molecule has 3 aliphatic rings. The zero-order valence-corrected chi connectivity index (χ0v) is 18.8. The summed E-state index contributed by atoms with van der Waals surface area (Å²) in [5, 5.41) is 14.7. The molecule has 1 aliphatic carbocycles. The molecule has 9 heteroatoms. The number of sulfone groups is 1. The molecule has 168 valence electrons. The number of fused-ring (bicyclic) bond motifs is 3. The molecule has 2 aromatic carbocycles. The van der Waals surface area contributed by atoms with E-state index in [1.54, 1.807) is 38.5 Å². The van der Waals surface area contributed by atoms with E-state index in [2.05, 4.69) is 26.9 Å². The topological polar surface area (TPSA) is 108 Å². The second-order valence-corrected chi connectivity index (χ2v) is 10.2. The number of rotatable bonds is 6. The van der Waals surface area contributed by atoms with Gasteiger partial charge in [0.2, 0.25) is 0 Å². The Hall–Kier alpha value is -3.17. The number of piperidine rings is 1. The Morgan fingerprint density at radius 2 is 1.62 bits per heavy atom. The molecule has 0 radical (unpaired) electrons. The van der Waals surface area contributed by atoms with Crippen LogP contribution in [-0.4, -0.2) is 51.2 Å². The van der Waals surface area contributed by atoms with Gasteiger partial charge in [-0.2, -0.15) is 0 Å². The molecule has 1 fully saturated rings. The molecule has 5 rings (SSSR count). The lowest BCUT2D eigenvalue weighted by Crippen LogP contribution is -2.35. The monoisotopic (exact) mass is 454 g/mol. The van der Waals surface area contributed by atoms with E-state index < -0.39 is 9.84 Å². The maximum atomic E-state index is 12.9. The first-order valence-corrected chi connectivity index (χ1v) is 12.1. The van der Waals surface area contributed by atoms with Crippen molar-refractivity contribution in [2.75, 3.05) is 32.6 Å². The van der Waals surface area contributed by atoms with Gasteiger partial charge in [-0.05, 0) is 73.8 Å². The van der Waals surface area contributed by atoms with Crippen LogP contribution in [0.4, 0.5) is 11.5 Å². The lowest BCUT2D eigenvalue weighted by molar-refractivity contribution is 0.356. The number of hydrogen-bond acceptors (Lipinski definition) is 6. The minimum absolute atomic E-state index is 0.314. The van der Waals surface area contributed by atoms with Gasteiger partial charge in [0, 0.05) is 16.6 Å². The fraction of sp³-hybridized carbons (Fsp3) is 0.304. The Labute approximate surface area is 186 Å². The second kappa shape index (κ2) is 8.07. The highest BCUT2D eigenvalue weighted by Gasteiger charge is 2.28. The maximum Gasteiger partial charge on any atom is 0.181 e. The molecule has 0 aromatic heterocycles. The fourth-order valence-corrected chi connectivity index (χ4v) is 6.15. The van der Waals surface area contributed by atoms with Gasteiger partial charge in [0.25, 0.3) is 0 Å². The van der Waals surface area contributed by atoms with Crippen molar-refractivity contribution in [2.24, 2.45) is 0 Å². The largest absolute Gasteiger partial charge is 0.493 e. The Balaban J connectivity index is 1.41. The lowest BCUT2D eigenvalue weighted by atomic mass is 10.2. The van der Waals surface area contributed by atoms with Crippen molar-refractivity contribution >= 4 is 32.1 Å². The highest BCUT2D eigenvalue weighted by atomic mass is 32.2. The van der Waals surface area contributed by atoms with Crippen LogP contribution in [0.5, 0.6) is 11.5 Å². The Kier molecular flexibility index (Phi) is 5.22. The number of nitrogens with one attached hydrogen (secondary N) is 4. The second-order valence-electron chi connectivity index (χ2n) is 8.00. The number of aromatic amines is 2. The van der Waals surface area contributed by atoms with Crippen LogP contribution in [0.15, 0.2) is 47.4 Å². The number of methoxy groups -OCH3 is 2. The predicted molar refractivity (Wildman–Crippen MR) is 125 cm³/mol. The summed E-state index contributed by atoms with van der Waals surface area (Å²) in [4.78, 5) is 0.372. The number of hydrogen-bond donors (Lipinski definition) is 4. The molecule has 0 saturated carbocycles. The molecule has 8 nitrogen and oxygen atoms in total. The van der Waals surface area contributed by atoms with Crippen LogP contribution in [0.25, 0.3) is 22.0 Å². The summed E-state index contributed by atoms with van der Waals surface area (Å²) in [6, 6.07) is 12.9. The zero-order valence-electron chi connectivity index (χ0n) is 18.0. The Morgan fingerprint density at radius 1 is 0.938 bits per heavy atom. The van der Waals surface area contributed by atoms with E-state index >= 15 is 0 Å². The van der Waals surface area contributed by atoms with Crippen molar-refractivity contribution in [1.82, 2.24) is 15.5 Å². The predicted octanol–water partition coefficient (Wildman–Crippen LogP) is 3.89. The summed E-state index contributed by atoms with van der Waals surface area (Å²) in [6.45, 7) is 1.49. The molecular weight excluding hydrogens is 428 g/mol. The van der Waals surface area contributed by atoms with Gasteiger partial charge in [0.15, 0.2) is 21.3 Å². The van der Waals surface area contributed by atoms with E-state index in [1.165, 1.54) is 0 Å². The van der Waals surface area contributed by atoms with Crippen LogP contribution in [0.1, 0.15) is 12.8 Å². The highest BCUT2D eigenvalue weighted by Crippen LogP contribution is 2.42. The summed E-state index contributed by atoms with van der Waals surface area (Å²) in [7, 11) is -0.0746. The fourth-order valence-electron chi connectivity index (χ4n) is 4.40. The molecule has 2 aromatic rings. The summed E-state index contributed by atoms with van der Waals surface area (Å²) >= 11 is 0. The smallest absolute Gasteiger partial charge is 0.181 e. The third-order valence-corrected chi connectivity index (χ3v) is 8.43. The molecule has 0 unspecified atom stereocenters. The summed E-state index contributed by atoms with van der Waals surface area (Å²) < 4.78 is 36.7. The Bertz CT molecular complexity index is 1320. The van der Waals surface area contributed by atoms with E-state index in [4.69, 9.17) is 9.47 Å². The van der Waals surface area contributed by atoms with Gasteiger partial charge in [0.1, 0.15) is 5.82 Å². The normalized spacial score (nSPS) is 15.3. The quantitative estimate of drug-likeness (QED) is 0.352. The highest BCUT2D eigenvalue weighted by molar-refractivity contribution is 7.92. The molecule has 4 N–H and O–H groups in total. The van der Waals surface area contributed by atoms with Crippen molar-refractivity contribution < 1.29 is 17.9 Å². The molecule has 2 heterocycles. The summed E-state index contributed by atoms with van der Waals surface area (Å²) in [5.41, 5.74) is 2.74. The van der Waals surface area contributed by atoms with Crippen molar-refractivity contribution in [1.29, 1.82) is 0 Å². The van der Waals surface area contributed by atoms with Crippen LogP contribution in [0.3, 0.4) is 0 Å². The van der Waals surface area contributed by atoms with Gasteiger partial charge in [0.05, 0.1) is 30.1 Å². The van der Waals surface area contributed by atoms with Gasteiger partial charge >= 0.3 is 0 Å². The number of benzene rings is 2. The summed E-state index contributed by atoms with van der Waals surface area (Å²) in [6.07, 6.45) is 1.30. The average Bonchev–Trinajstić information content (AvgIpc) is 3.38. The molecule has 0 spiro atoms. The van der Waals surface area contributed by atoms with Crippen LogP contribution in [-0.2, 0) is 9.84 Å². The number of ether oxygens (including phenoxy) is 2. The molecule has 0 atom stereocenters. The van der Waals surface area contributed by atoms with E-state index in [1.807, 2.05) is 12.1 Å². The van der Waals surface area contributed by atoms with Gasteiger partial charge in [-0.1, -0.05) is 0 Å². The average molecular weight is 455 g/mol. The van der Waals surface area contributed by atoms with Crippen LogP contribution < -0.4 is 20.1 Å². The minimum Gasteiger partial charge on any atom is -0.493 e. The van der Waals surface area contributed by atoms with E-state index in [9.17, 15) is 8.42 Å². The molecule has 32 heavy (non-hydrogen) atoms. The number of H-pyrrole nitrogens is 2. The molecule has 1 saturated heterocycles. The first-order valence-electron chi connectivity index (χ1n) is 10.6. The maximum absolute atomic E-state index is 12.9. The third-order valence-electron chi connectivity index (χ3n) is 6.15. The van der Waals surface area contributed by atoms with E-state index in [0.29, 0.717) is 29.2 Å². The first kappa shape index (κ1) is 20.7. The molecule has 2 aliphatic heterocycles. The van der Waals surface area contributed by atoms with E-state index in [0.717, 1.165) is 46.6 Å². The van der Waals surface area contributed by atoms with Gasteiger partial charge in [-0.3, -0.25) is 10.2 Å². The zero-order chi connectivity index (χ0) is 22.3. The van der Waals surface area contributed by atoms with Gasteiger partial charge < -0.3 is 20.1 Å². The Morgan fingerprint density at radius 3 is 2.31 bits per heavy atom. The standard InChI is InChI=1S/C23H26N4O4S/c1-30-20-12-14-11-19-22(18(14)13-21(20)31-2)26-27-23(19)25-15-3-5-16(6-4-15)32(28,29)17-7-9-24-10-8-17/h3-6,11-13,17,24-27H,7-10H2,1-2H3. The van der Waals surface area contributed by atoms with E-state index in [-0.39, 0.29) is 5.25 Å². The van der Waals surface area contributed by atoms with Crippen LogP contribution in [0.2, 0.25) is 0 Å². The van der Waals surface area contributed by atoms with Crippen molar-refractivity contribution in [3.8, 4) is 22.8 Å². The number of anilines is 2. The molecular formula is C23H26N4O4S. The minimum atomic E-state index is -3.31. The summed E-state index contributed by atoms with van der Waals surface area (Å²) in [5.74, 6) is 2.14. The SMILES string of the molecule is COc1cc2cc3c(Nc4ccc(S(=O)(=O)C5CCNCC5)cc4)[nH][nH]c-3c2cc1OC. The van der Waals surface area contributed by atoms with Crippen molar-refractivity contribution in [2.45, 2.75) is 23.0 Å². The van der Waals surface area contributed by atoms with Gasteiger partial charge in [-0.25, -0.2) is 8.42 Å². The molecule has 0 bridgehead atoms. The van der Waals surface area contributed by atoms with Crippen LogP contribution >= 0.6 is 0 Å². The van der Waals surface area contributed by atoms with Gasteiger partial charge in [-0.15, -0.1) is 0 Å². The lowest BCUT2D eigenvalue weighted by Gasteiger charge is -2.22. The van der Waals surface area contributed by atoms with Crippen LogP contribution in [0, 0.1) is 0 Å². The van der Waals surface area contributed by atoms with Crippen molar-refractivity contribution in [3.63, 3.8) is 0 Å². The third kappa shape index (κ3) is 3.47. The van der Waals surface area contributed by atoms with Crippen molar-refractivity contribution in [3.05, 3.63) is 42.5 Å². The number of aromatic nitrogens is 2. The molecule has 0 amide bonds.